The average Bonchev–Trinajstić information content (AvgIpc) is 2.50. The zero-order chi connectivity index (χ0) is 17.1. The van der Waals surface area contributed by atoms with E-state index in [4.69, 9.17) is 0 Å². The fraction of sp³-hybridized carbons (Fsp3) is 0.267. The Bertz CT molecular complexity index is 858. The van der Waals surface area contributed by atoms with Gasteiger partial charge in [0.2, 0.25) is 5.91 Å². The van der Waals surface area contributed by atoms with Crippen LogP contribution in [-0.4, -0.2) is 15.0 Å². The van der Waals surface area contributed by atoms with Gasteiger partial charge >= 0.3 is 5.69 Å². The number of halogens is 2. The summed E-state index contributed by atoms with van der Waals surface area (Å²) in [6.07, 6.45) is 1.21. The van der Waals surface area contributed by atoms with Crippen LogP contribution in [0.4, 0.5) is 8.78 Å². The highest BCUT2D eigenvalue weighted by atomic mass is 19.1. The number of carbonyl (C=O) groups is 1. The normalized spacial score (nSPS) is 12.0. The van der Waals surface area contributed by atoms with Gasteiger partial charge in [-0.25, -0.2) is 13.6 Å². The van der Waals surface area contributed by atoms with E-state index in [9.17, 15) is 23.2 Å². The third-order valence-electron chi connectivity index (χ3n) is 3.38. The third-order valence-corrected chi connectivity index (χ3v) is 3.38. The van der Waals surface area contributed by atoms with Crippen LogP contribution in [-0.2, 0) is 18.4 Å². The number of benzene rings is 1. The maximum Gasteiger partial charge on any atom is 0.331 e. The zero-order valence-electron chi connectivity index (χ0n) is 12.5. The molecule has 0 aliphatic heterocycles. The Hall–Kier alpha value is -2.77. The number of nitrogens with one attached hydrogen (secondary N) is 1. The Morgan fingerprint density at radius 1 is 1.26 bits per heavy atom. The highest BCUT2D eigenvalue weighted by molar-refractivity contribution is 5.76. The molecule has 122 valence electrons. The highest BCUT2D eigenvalue weighted by Crippen LogP contribution is 2.17. The highest BCUT2D eigenvalue weighted by Gasteiger charge is 2.15. The molecule has 6 nitrogen and oxygen atoms in total. The molecule has 0 fully saturated rings. The summed E-state index contributed by atoms with van der Waals surface area (Å²) in [5.41, 5.74) is -1.12. The minimum atomic E-state index is -0.776. The topological polar surface area (TPSA) is 73.1 Å². The van der Waals surface area contributed by atoms with E-state index in [2.05, 4.69) is 5.32 Å². The van der Waals surface area contributed by atoms with Crippen molar-refractivity contribution in [2.75, 3.05) is 0 Å². The number of amides is 1. The summed E-state index contributed by atoms with van der Waals surface area (Å²) in [5, 5.41) is 2.48. The summed E-state index contributed by atoms with van der Waals surface area (Å²) < 4.78 is 28.7. The average molecular weight is 323 g/mol. The van der Waals surface area contributed by atoms with Gasteiger partial charge in [-0.05, 0) is 25.1 Å². The maximum absolute atomic E-state index is 13.6. The summed E-state index contributed by atoms with van der Waals surface area (Å²) in [4.78, 5) is 35.1. The van der Waals surface area contributed by atoms with Crippen molar-refractivity contribution in [2.45, 2.75) is 19.5 Å². The van der Waals surface area contributed by atoms with Crippen molar-refractivity contribution in [1.82, 2.24) is 14.5 Å². The quantitative estimate of drug-likeness (QED) is 0.900. The molecule has 1 aromatic heterocycles. The molecule has 23 heavy (non-hydrogen) atoms. The molecule has 0 aliphatic carbocycles. The number of aromatic nitrogens is 2. The number of hydrogen-bond donors (Lipinski definition) is 1. The molecule has 0 bridgehead atoms. The van der Waals surface area contributed by atoms with Crippen LogP contribution in [0.1, 0.15) is 18.5 Å². The van der Waals surface area contributed by atoms with E-state index in [0.717, 1.165) is 33.4 Å². The first-order valence-electron chi connectivity index (χ1n) is 6.80. The van der Waals surface area contributed by atoms with E-state index in [1.54, 1.807) is 0 Å². The van der Waals surface area contributed by atoms with E-state index in [1.807, 2.05) is 0 Å². The first-order chi connectivity index (χ1) is 10.8. The molecule has 0 aliphatic rings. The number of rotatable bonds is 4. The van der Waals surface area contributed by atoms with Gasteiger partial charge in [-0.15, -0.1) is 0 Å². The van der Waals surface area contributed by atoms with Crippen LogP contribution >= 0.6 is 0 Å². The summed E-state index contributed by atoms with van der Waals surface area (Å²) in [7, 11) is 1.30. The molecule has 1 atom stereocenters. The summed E-state index contributed by atoms with van der Waals surface area (Å²) in [6.45, 7) is 1.16. The SMILES string of the molecule is CC(NC(=O)Cn1ccc(=O)n(C)c1=O)c1cc(F)ccc1F. The van der Waals surface area contributed by atoms with Crippen LogP contribution in [0.15, 0.2) is 40.1 Å². The Morgan fingerprint density at radius 2 is 1.96 bits per heavy atom. The maximum atomic E-state index is 13.6. The largest absolute Gasteiger partial charge is 0.348 e. The molecular formula is C15H15F2N3O3. The smallest absolute Gasteiger partial charge is 0.331 e. The Balaban J connectivity index is 2.14. The van der Waals surface area contributed by atoms with Crippen LogP contribution in [0.25, 0.3) is 0 Å². The summed E-state index contributed by atoms with van der Waals surface area (Å²) >= 11 is 0. The lowest BCUT2D eigenvalue weighted by Gasteiger charge is -2.16. The van der Waals surface area contributed by atoms with Crippen LogP contribution < -0.4 is 16.6 Å². The molecule has 8 heteroatoms. The van der Waals surface area contributed by atoms with E-state index in [-0.39, 0.29) is 12.1 Å². The predicted molar refractivity (Wildman–Crippen MR) is 78.9 cm³/mol. The van der Waals surface area contributed by atoms with Crippen molar-refractivity contribution < 1.29 is 13.6 Å². The van der Waals surface area contributed by atoms with E-state index in [1.165, 1.54) is 20.2 Å². The van der Waals surface area contributed by atoms with Gasteiger partial charge in [-0.2, -0.15) is 0 Å². The molecular weight excluding hydrogens is 308 g/mol. The van der Waals surface area contributed by atoms with Crippen molar-refractivity contribution in [2.24, 2.45) is 7.05 Å². The molecule has 1 aromatic carbocycles. The van der Waals surface area contributed by atoms with Gasteiger partial charge in [0.05, 0.1) is 6.04 Å². The van der Waals surface area contributed by atoms with Gasteiger partial charge in [0.1, 0.15) is 18.2 Å². The van der Waals surface area contributed by atoms with Crippen molar-refractivity contribution in [1.29, 1.82) is 0 Å². The van der Waals surface area contributed by atoms with Gasteiger partial charge < -0.3 is 5.32 Å². The number of carbonyl (C=O) groups excluding carboxylic acids is 1. The second-order valence-corrected chi connectivity index (χ2v) is 5.08. The second kappa shape index (κ2) is 6.55. The van der Waals surface area contributed by atoms with Gasteiger partial charge in [0.15, 0.2) is 0 Å². The molecule has 0 radical (unpaired) electrons. The predicted octanol–water partition coefficient (Wildman–Crippen LogP) is 0.703. The fourth-order valence-electron chi connectivity index (χ4n) is 2.10. The molecule has 2 aromatic rings. The Labute approximate surface area is 130 Å². The summed E-state index contributed by atoms with van der Waals surface area (Å²) in [5.74, 6) is -1.82. The lowest BCUT2D eigenvalue weighted by molar-refractivity contribution is -0.122. The monoisotopic (exact) mass is 323 g/mol. The Morgan fingerprint density at radius 3 is 2.65 bits per heavy atom. The molecule has 1 heterocycles. The molecule has 1 N–H and O–H groups in total. The third kappa shape index (κ3) is 3.71. The molecule has 0 saturated heterocycles. The molecule has 0 spiro atoms. The van der Waals surface area contributed by atoms with Gasteiger partial charge in [0, 0.05) is 24.9 Å². The van der Waals surface area contributed by atoms with Gasteiger partial charge in [-0.1, -0.05) is 0 Å². The van der Waals surface area contributed by atoms with Crippen molar-refractivity contribution in [3.8, 4) is 0 Å². The fourth-order valence-corrected chi connectivity index (χ4v) is 2.10. The first-order valence-corrected chi connectivity index (χ1v) is 6.80. The standard InChI is InChI=1S/C15H15F2N3O3/c1-9(11-7-10(16)3-4-12(11)17)18-13(21)8-20-6-5-14(22)19(2)15(20)23/h3-7,9H,8H2,1-2H3,(H,18,21). The minimum absolute atomic E-state index is 0.00570. The van der Waals surface area contributed by atoms with Gasteiger partial charge in [-0.3, -0.25) is 18.7 Å². The van der Waals surface area contributed by atoms with E-state index < -0.39 is 34.8 Å². The first kappa shape index (κ1) is 16.6. The van der Waals surface area contributed by atoms with Crippen LogP contribution in [0.3, 0.4) is 0 Å². The van der Waals surface area contributed by atoms with Crippen molar-refractivity contribution >= 4 is 5.91 Å². The lowest BCUT2D eigenvalue weighted by atomic mass is 10.1. The van der Waals surface area contributed by atoms with Crippen LogP contribution in [0.5, 0.6) is 0 Å². The van der Waals surface area contributed by atoms with Crippen LogP contribution in [0.2, 0.25) is 0 Å². The number of nitrogens with zero attached hydrogens (tertiary/aromatic N) is 2. The second-order valence-electron chi connectivity index (χ2n) is 5.08. The van der Waals surface area contributed by atoms with E-state index in [0.29, 0.717) is 0 Å². The summed E-state index contributed by atoms with van der Waals surface area (Å²) in [6, 6.07) is 3.34. The van der Waals surface area contributed by atoms with Crippen LogP contribution in [0, 0.1) is 11.6 Å². The molecule has 1 amide bonds. The lowest BCUT2D eigenvalue weighted by Crippen LogP contribution is -2.40. The molecule has 1 unspecified atom stereocenters. The minimum Gasteiger partial charge on any atom is -0.348 e. The number of hydrogen-bond acceptors (Lipinski definition) is 3. The molecule has 0 saturated carbocycles. The zero-order valence-corrected chi connectivity index (χ0v) is 12.5. The molecule has 2 rings (SSSR count). The van der Waals surface area contributed by atoms with Gasteiger partial charge in [0.25, 0.3) is 5.56 Å². The van der Waals surface area contributed by atoms with Crippen molar-refractivity contribution in [3.63, 3.8) is 0 Å². The Kier molecular flexibility index (Phi) is 4.73. The van der Waals surface area contributed by atoms with Crippen molar-refractivity contribution in [3.05, 3.63) is 68.5 Å². The van der Waals surface area contributed by atoms with E-state index >= 15 is 0 Å².